The standard InChI is InChI=1S/C33H41N3O4/c1-4-40-32(38)21-30(27-15-14-24(2)28(20-27)22-37)29-16-17-31-33(25(29)3)34-35-36(31)18-10-5-6-11-19-39-23-26-12-8-7-9-13-26/h7-9,12-17,20,30,37H,4-6,10-11,18-19,21-23H2,1-3H3. The lowest BCUT2D eigenvalue weighted by atomic mass is 9.84. The molecule has 1 unspecified atom stereocenters. The number of ether oxygens (including phenoxy) is 2. The molecule has 0 fully saturated rings. The van der Waals surface area contributed by atoms with Crippen LogP contribution in [0.1, 0.15) is 78.3 Å². The van der Waals surface area contributed by atoms with Crippen molar-refractivity contribution in [2.45, 2.75) is 78.6 Å². The topological polar surface area (TPSA) is 86.5 Å². The van der Waals surface area contributed by atoms with Crippen LogP contribution in [0.4, 0.5) is 0 Å². The minimum atomic E-state index is -0.243. The fourth-order valence-corrected chi connectivity index (χ4v) is 5.18. The Hall–Kier alpha value is -3.55. The van der Waals surface area contributed by atoms with Gasteiger partial charge >= 0.3 is 5.97 Å². The molecule has 1 atom stereocenters. The monoisotopic (exact) mass is 543 g/mol. The number of aliphatic hydroxyl groups is 1. The largest absolute Gasteiger partial charge is 0.466 e. The van der Waals surface area contributed by atoms with Gasteiger partial charge in [0.25, 0.3) is 0 Å². The van der Waals surface area contributed by atoms with Crippen molar-refractivity contribution >= 4 is 17.0 Å². The van der Waals surface area contributed by atoms with E-state index in [2.05, 4.69) is 34.6 Å². The Morgan fingerprint density at radius 1 is 1.00 bits per heavy atom. The molecule has 0 spiro atoms. The summed E-state index contributed by atoms with van der Waals surface area (Å²) in [6.07, 6.45) is 4.52. The zero-order valence-corrected chi connectivity index (χ0v) is 23.9. The van der Waals surface area contributed by atoms with Crippen LogP contribution in [-0.2, 0) is 34.0 Å². The molecule has 0 aliphatic heterocycles. The molecule has 1 aromatic heterocycles. The van der Waals surface area contributed by atoms with Crippen LogP contribution in [0.15, 0.2) is 60.7 Å². The third-order valence-corrected chi connectivity index (χ3v) is 7.50. The van der Waals surface area contributed by atoms with Gasteiger partial charge in [-0.15, -0.1) is 5.10 Å². The van der Waals surface area contributed by atoms with Crippen molar-refractivity contribution in [2.75, 3.05) is 13.2 Å². The number of hydrogen-bond acceptors (Lipinski definition) is 6. The highest BCUT2D eigenvalue weighted by molar-refractivity contribution is 5.80. The number of esters is 1. The first-order valence-corrected chi connectivity index (χ1v) is 14.3. The van der Waals surface area contributed by atoms with Crippen LogP contribution in [0.25, 0.3) is 11.0 Å². The summed E-state index contributed by atoms with van der Waals surface area (Å²) in [7, 11) is 0. The van der Waals surface area contributed by atoms with Crippen LogP contribution in [0.5, 0.6) is 0 Å². The van der Waals surface area contributed by atoms with E-state index in [1.165, 1.54) is 5.56 Å². The summed E-state index contributed by atoms with van der Waals surface area (Å²) in [6.45, 7) is 8.39. The first kappa shape index (κ1) is 29.4. The summed E-state index contributed by atoms with van der Waals surface area (Å²) >= 11 is 0. The quantitative estimate of drug-likeness (QED) is 0.138. The number of hydrogen-bond donors (Lipinski definition) is 1. The van der Waals surface area contributed by atoms with Gasteiger partial charge < -0.3 is 14.6 Å². The van der Waals surface area contributed by atoms with Crippen molar-refractivity contribution in [3.63, 3.8) is 0 Å². The van der Waals surface area contributed by atoms with Gasteiger partial charge in [0.1, 0.15) is 5.52 Å². The molecule has 4 aromatic rings. The van der Waals surface area contributed by atoms with Gasteiger partial charge in [-0.05, 0) is 73.1 Å². The van der Waals surface area contributed by atoms with Crippen LogP contribution >= 0.6 is 0 Å². The highest BCUT2D eigenvalue weighted by Gasteiger charge is 2.23. The van der Waals surface area contributed by atoms with Crippen LogP contribution in [0.2, 0.25) is 0 Å². The molecule has 0 saturated carbocycles. The van der Waals surface area contributed by atoms with Gasteiger partial charge in [0.15, 0.2) is 0 Å². The van der Waals surface area contributed by atoms with E-state index in [0.29, 0.717) is 13.2 Å². The van der Waals surface area contributed by atoms with Gasteiger partial charge in [0.05, 0.1) is 31.8 Å². The lowest BCUT2D eigenvalue weighted by Gasteiger charge is -2.21. The van der Waals surface area contributed by atoms with E-state index in [-0.39, 0.29) is 24.9 Å². The van der Waals surface area contributed by atoms with Crippen molar-refractivity contribution in [1.29, 1.82) is 0 Å². The smallest absolute Gasteiger partial charge is 0.306 e. The number of benzene rings is 3. The van der Waals surface area contributed by atoms with E-state index in [4.69, 9.17) is 9.47 Å². The van der Waals surface area contributed by atoms with Gasteiger partial charge in [0, 0.05) is 19.1 Å². The molecule has 4 rings (SSSR count). The van der Waals surface area contributed by atoms with E-state index >= 15 is 0 Å². The van der Waals surface area contributed by atoms with Crippen molar-refractivity contribution in [1.82, 2.24) is 15.0 Å². The number of unbranched alkanes of at least 4 members (excludes halogenated alkanes) is 3. The van der Waals surface area contributed by atoms with Crippen molar-refractivity contribution in [3.05, 3.63) is 94.0 Å². The second kappa shape index (κ2) is 14.7. The maximum atomic E-state index is 12.6. The average Bonchev–Trinajstić information content (AvgIpc) is 3.38. The maximum Gasteiger partial charge on any atom is 0.306 e. The lowest BCUT2D eigenvalue weighted by Crippen LogP contribution is -2.13. The fourth-order valence-electron chi connectivity index (χ4n) is 5.18. The van der Waals surface area contributed by atoms with Crippen LogP contribution in [0.3, 0.4) is 0 Å². The Kier molecular flexibility index (Phi) is 10.8. The van der Waals surface area contributed by atoms with Gasteiger partial charge in [-0.25, -0.2) is 4.68 Å². The number of aromatic nitrogens is 3. The van der Waals surface area contributed by atoms with E-state index in [9.17, 15) is 9.90 Å². The fraction of sp³-hybridized carbons (Fsp3) is 0.424. The van der Waals surface area contributed by atoms with Gasteiger partial charge in [-0.1, -0.05) is 72.7 Å². The SMILES string of the molecule is CCOC(=O)CC(c1ccc(C)c(CO)c1)c1ccc2c(nnn2CCCCCCOCc2ccccc2)c1C. The van der Waals surface area contributed by atoms with Crippen molar-refractivity contribution in [2.24, 2.45) is 0 Å². The first-order valence-electron chi connectivity index (χ1n) is 14.3. The molecule has 0 bridgehead atoms. The van der Waals surface area contributed by atoms with Gasteiger partial charge in [-0.2, -0.15) is 0 Å². The summed E-state index contributed by atoms with van der Waals surface area (Å²) in [5.74, 6) is -0.448. The Labute approximate surface area is 237 Å². The van der Waals surface area contributed by atoms with Gasteiger partial charge in [-0.3, -0.25) is 4.79 Å². The molecule has 40 heavy (non-hydrogen) atoms. The zero-order chi connectivity index (χ0) is 28.3. The molecule has 1 heterocycles. The highest BCUT2D eigenvalue weighted by Crippen LogP contribution is 2.34. The Morgan fingerprint density at radius 3 is 2.58 bits per heavy atom. The second-order valence-corrected chi connectivity index (χ2v) is 10.3. The third-order valence-electron chi connectivity index (χ3n) is 7.50. The predicted molar refractivity (Wildman–Crippen MR) is 157 cm³/mol. The van der Waals surface area contributed by atoms with Crippen molar-refractivity contribution < 1.29 is 19.4 Å². The number of aliphatic hydroxyl groups excluding tert-OH is 1. The molecule has 3 aromatic carbocycles. The summed E-state index contributed by atoms with van der Waals surface area (Å²) in [6, 6.07) is 20.4. The maximum absolute atomic E-state index is 12.6. The lowest BCUT2D eigenvalue weighted by molar-refractivity contribution is -0.143. The molecule has 7 nitrogen and oxygen atoms in total. The summed E-state index contributed by atoms with van der Waals surface area (Å²) < 4.78 is 13.1. The van der Waals surface area contributed by atoms with Crippen LogP contribution in [-0.4, -0.2) is 39.3 Å². The number of carbonyl (C=O) groups is 1. The molecule has 212 valence electrons. The number of nitrogens with zero attached hydrogens (tertiary/aromatic N) is 3. The van der Waals surface area contributed by atoms with Crippen molar-refractivity contribution in [3.8, 4) is 0 Å². The molecule has 0 aliphatic carbocycles. The molecule has 7 heteroatoms. The third kappa shape index (κ3) is 7.55. The second-order valence-electron chi connectivity index (χ2n) is 10.3. The van der Waals surface area contributed by atoms with Gasteiger partial charge in [0.2, 0.25) is 0 Å². The van der Waals surface area contributed by atoms with Crippen LogP contribution < -0.4 is 0 Å². The Morgan fingerprint density at radius 2 is 1.80 bits per heavy atom. The van der Waals surface area contributed by atoms with E-state index in [0.717, 1.165) is 77.7 Å². The molecular weight excluding hydrogens is 502 g/mol. The summed E-state index contributed by atoms with van der Waals surface area (Å²) in [5.41, 5.74) is 7.97. The van der Waals surface area contributed by atoms with E-state index in [1.807, 2.05) is 61.9 Å². The minimum absolute atomic E-state index is 0.0428. The number of fused-ring (bicyclic) bond motifs is 1. The normalized spacial score (nSPS) is 12.1. The Balaban J connectivity index is 1.39. The molecule has 0 saturated heterocycles. The Bertz CT molecular complexity index is 1380. The zero-order valence-electron chi connectivity index (χ0n) is 23.9. The number of carbonyl (C=O) groups excluding carboxylic acids is 1. The molecule has 0 amide bonds. The molecular formula is C33H41N3O4. The summed E-state index contributed by atoms with van der Waals surface area (Å²) in [5, 5.41) is 18.8. The molecule has 0 radical (unpaired) electrons. The van der Waals surface area contributed by atoms with Crippen LogP contribution in [0, 0.1) is 13.8 Å². The molecule has 0 aliphatic rings. The first-order chi connectivity index (χ1) is 19.5. The summed E-state index contributed by atoms with van der Waals surface area (Å²) in [4.78, 5) is 12.6. The van der Waals surface area contributed by atoms with E-state index in [1.54, 1.807) is 0 Å². The number of aryl methyl sites for hydroxylation is 3. The minimum Gasteiger partial charge on any atom is -0.466 e. The predicted octanol–water partition coefficient (Wildman–Crippen LogP) is 6.40. The molecule has 1 N–H and O–H groups in total. The number of rotatable bonds is 15. The van der Waals surface area contributed by atoms with E-state index < -0.39 is 0 Å². The highest BCUT2D eigenvalue weighted by atomic mass is 16.5. The average molecular weight is 544 g/mol.